The van der Waals surface area contributed by atoms with E-state index < -0.39 is 36.2 Å². The summed E-state index contributed by atoms with van der Waals surface area (Å²) in [6, 6.07) is 15.3. The fraction of sp³-hybridized carbons (Fsp3) is 0.400. The average Bonchev–Trinajstić information content (AvgIpc) is 3.05. The highest BCUT2D eigenvalue weighted by Gasteiger charge is 2.54. The number of rotatable bonds is 6. The molecule has 0 spiro atoms. The van der Waals surface area contributed by atoms with E-state index in [1.165, 1.54) is 6.92 Å². The fourth-order valence-electron chi connectivity index (χ4n) is 4.53. The Morgan fingerprint density at radius 2 is 1.59 bits per heavy atom. The Morgan fingerprint density at radius 1 is 1.00 bits per heavy atom. The molecule has 0 aliphatic carbocycles. The molecule has 2 amide bonds. The molecule has 1 fully saturated rings. The largest absolute Gasteiger partial charge is 0.460 e. The van der Waals surface area contributed by atoms with Crippen LogP contribution in [0, 0.1) is 5.92 Å². The molecule has 0 N–H and O–H groups in total. The van der Waals surface area contributed by atoms with E-state index in [1.54, 1.807) is 24.3 Å². The van der Waals surface area contributed by atoms with Crippen LogP contribution in [0.25, 0.3) is 0 Å². The number of imide groups is 1. The topological polar surface area (TPSA) is 82.1 Å². The minimum absolute atomic E-state index is 0.225. The first-order valence-corrected chi connectivity index (χ1v) is 10.9. The van der Waals surface area contributed by atoms with E-state index in [1.807, 2.05) is 44.2 Å². The van der Waals surface area contributed by atoms with E-state index in [2.05, 4.69) is 0 Å². The van der Waals surface area contributed by atoms with Gasteiger partial charge in [0.05, 0.1) is 23.8 Å². The molecule has 1 unspecified atom stereocenters. The van der Waals surface area contributed by atoms with E-state index in [0.29, 0.717) is 17.5 Å². The van der Waals surface area contributed by atoms with Crippen molar-refractivity contribution in [2.24, 2.45) is 5.92 Å². The summed E-state index contributed by atoms with van der Waals surface area (Å²) in [5.41, 5.74) is 1.57. The van der Waals surface area contributed by atoms with Gasteiger partial charge in [0.15, 0.2) is 6.29 Å². The SMILES string of the molecule is CC[C@H]1OC(OCc2ccccc2)[C@H](N2C(=O)c3ccccc3C2=O)[C@@H](OC(C)=O)[C@@H]1C. The van der Waals surface area contributed by atoms with Crippen LogP contribution in [0.3, 0.4) is 0 Å². The molecule has 1 saturated heterocycles. The van der Waals surface area contributed by atoms with Gasteiger partial charge < -0.3 is 14.2 Å². The van der Waals surface area contributed by atoms with Crippen LogP contribution in [0.15, 0.2) is 54.6 Å². The molecular weight excluding hydrogens is 410 g/mol. The van der Waals surface area contributed by atoms with Crippen LogP contribution in [0.5, 0.6) is 0 Å². The molecule has 7 nitrogen and oxygen atoms in total. The molecule has 0 radical (unpaired) electrons. The second kappa shape index (κ2) is 9.22. The molecule has 168 valence electrons. The summed E-state index contributed by atoms with van der Waals surface area (Å²) in [7, 11) is 0. The van der Waals surface area contributed by atoms with E-state index >= 15 is 0 Å². The number of amides is 2. The second-order valence-electron chi connectivity index (χ2n) is 8.20. The Labute approximate surface area is 187 Å². The number of ether oxygens (including phenoxy) is 3. The van der Waals surface area contributed by atoms with Crippen LogP contribution >= 0.6 is 0 Å². The van der Waals surface area contributed by atoms with Crippen LogP contribution in [0.2, 0.25) is 0 Å². The lowest BCUT2D eigenvalue weighted by atomic mass is 9.86. The third-order valence-electron chi connectivity index (χ3n) is 6.11. The molecule has 2 aromatic carbocycles. The zero-order valence-corrected chi connectivity index (χ0v) is 18.4. The average molecular weight is 437 g/mol. The Kier molecular flexibility index (Phi) is 6.39. The Hall–Kier alpha value is -3.03. The molecule has 2 aliphatic heterocycles. The molecular formula is C25H27NO6. The van der Waals surface area contributed by atoms with E-state index in [0.717, 1.165) is 10.5 Å². The minimum atomic E-state index is -0.942. The second-order valence-corrected chi connectivity index (χ2v) is 8.20. The van der Waals surface area contributed by atoms with Gasteiger partial charge in [0, 0.05) is 12.8 Å². The maximum Gasteiger partial charge on any atom is 0.302 e. The molecule has 2 aliphatic rings. The number of fused-ring (bicyclic) bond motifs is 1. The predicted molar refractivity (Wildman–Crippen MR) is 116 cm³/mol. The van der Waals surface area contributed by atoms with Gasteiger partial charge in [0.25, 0.3) is 11.8 Å². The standard InChI is InChI=1S/C25H27NO6/c1-4-20-15(2)22(31-16(3)27)21(25(32-20)30-14-17-10-6-5-7-11-17)26-23(28)18-12-8-9-13-19(18)24(26)29/h5-13,15,20-22,25H,4,14H2,1-3H3/t15-,20-,21-,22+,25?/m1/s1. The Morgan fingerprint density at radius 3 is 2.16 bits per heavy atom. The zero-order chi connectivity index (χ0) is 22.8. The molecule has 5 atom stereocenters. The van der Waals surface area contributed by atoms with E-state index in [9.17, 15) is 14.4 Å². The molecule has 0 saturated carbocycles. The predicted octanol–water partition coefficient (Wildman–Crippen LogP) is 3.57. The molecule has 0 aromatic heterocycles. The van der Waals surface area contributed by atoms with Crippen molar-refractivity contribution in [2.75, 3.05) is 0 Å². The highest BCUT2D eigenvalue weighted by molar-refractivity contribution is 6.21. The van der Waals surface area contributed by atoms with Crippen molar-refractivity contribution in [2.45, 2.75) is 58.3 Å². The number of carbonyl (C=O) groups excluding carboxylic acids is 3. The van der Waals surface area contributed by atoms with Gasteiger partial charge >= 0.3 is 5.97 Å². The van der Waals surface area contributed by atoms with Crippen LogP contribution in [-0.4, -0.2) is 47.2 Å². The summed E-state index contributed by atoms with van der Waals surface area (Å²) < 4.78 is 18.1. The normalized spacial score (nSPS) is 27.3. The van der Waals surface area contributed by atoms with Gasteiger partial charge in [-0.2, -0.15) is 0 Å². The molecule has 7 heteroatoms. The number of hydrogen-bond donors (Lipinski definition) is 0. The maximum atomic E-state index is 13.3. The number of nitrogens with zero attached hydrogens (tertiary/aromatic N) is 1. The van der Waals surface area contributed by atoms with Crippen LogP contribution in [0.1, 0.15) is 53.5 Å². The summed E-state index contributed by atoms with van der Waals surface area (Å²) in [5.74, 6) is -1.60. The molecule has 2 heterocycles. The lowest BCUT2D eigenvalue weighted by Gasteiger charge is -2.47. The van der Waals surface area contributed by atoms with Gasteiger partial charge in [-0.05, 0) is 24.1 Å². The van der Waals surface area contributed by atoms with Gasteiger partial charge in [-0.15, -0.1) is 0 Å². The molecule has 32 heavy (non-hydrogen) atoms. The van der Waals surface area contributed by atoms with Crippen LogP contribution in [0.4, 0.5) is 0 Å². The van der Waals surface area contributed by atoms with Crippen molar-refractivity contribution in [3.63, 3.8) is 0 Å². The van der Waals surface area contributed by atoms with Crippen molar-refractivity contribution < 1.29 is 28.6 Å². The fourth-order valence-corrected chi connectivity index (χ4v) is 4.53. The highest BCUT2D eigenvalue weighted by atomic mass is 16.7. The number of benzene rings is 2. The summed E-state index contributed by atoms with van der Waals surface area (Å²) >= 11 is 0. The lowest BCUT2D eigenvalue weighted by Crippen LogP contribution is -2.63. The third-order valence-corrected chi connectivity index (χ3v) is 6.11. The smallest absolute Gasteiger partial charge is 0.302 e. The van der Waals surface area contributed by atoms with E-state index in [-0.39, 0.29) is 18.6 Å². The first-order valence-electron chi connectivity index (χ1n) is 10.9. The third kappa shape index (κ3) is 4.06. The maximum absolute atomic E-state index is 13.3. The van der Waals surface area contributed by atoms with E-state index in [4.69, 9.17) is 14.2 Å². The Balaban J connectivity index is 1.71. The van der Waals surface area contributed by atoms with Crippen molar-refractivity contribution in [1.29, 1.82) is 0 Å². The molecule has 2 aromatic rings. The number of hydrogen-bond acceptors (Lipinski definition) is 6. The first-order chi connectivity index (χ1) is 15.4. The van der Waals surface area contributed by atoms with Crippen molar-refractivity contribution in [3.8, 4) is 0 Å². The summed E-state index contributed by atoms with van der Waals surface area (Å²) in [4.78, 5) is 39.7. The van der Waals surface area contributed by atoms with Gasteiger partial charge in [-0.3, -0.25) is 19.3 Å². The van der Waals surface area contributed by atoms with Crippen LogP contribution in [-0.2, 0) is 25.6 Å². The summed E-state index contributed by atoms with van der Waals surface area (Å²) in [5, 5.41) is 0. The van der Waals surface area contributed by atoms with Gasteiger partial charge in [-0.1, -0.05) is 56.3 Å². The first kappa shape index (κ1) is 22.2. The molecule has 4 rings (SSSR count). The quantitative estimate of drug-likeness (QED) is 0.508. The molecule has 0 bridgehead atoms. The zero-order valence-electron chi connectivity index (χ0n) is 18.4. The summed E-state index contributed by atoms with van der Waals surface area (Å²) in [6.45, 7) is 5.42. The van der Waals surface area contributed by atoms with Gasteiger partial charge in [-0.25, -0.2) is 0 Å². The van der Waals surface area contributed by atoms with Crippen molar-refractivity contribution >= 4 is 17.8 Å². The summed E-state index contributed by atoms with van der Waals surface area (Å²) in [6.07, 6.45) is -1.29. The minimum Gasteiger partial charge on any atom is -0.460 e. The van der Waals surface area contributed by atoms with Crippen LogP contribution < -0.4 is 0 Å². The van der Waals surface area contributed by atoms with Gasteiger partial charge in [0.2, 0.25) is 0 Å². The lowest BCUT2D eigenvalue weighted by molar-refractivity contribution is -0.266. The van der Waals surface area contributed by atoms with Crippen molar-refractivity contribution in [3.05, 3.63) is 71.3 Å². The monoisotopic (exact) mass is 437 g/mol. The highest BCUT2D eigenvalue weighted by Crippen LogP contribution is 2.37. The number of carbonyl (C=O) groups is 3. The number of esters is 1. The Bertz CT molecular complexity index is 972. The van der Waals surface area contributed by atoms with Gasteiger partial charge in [0.1, 0.15) is 12.1 Å². The van der Waals surface area contributed by atoms with Crippen molar-refractivity contribution in [1.82, 2.24) is 4.90 Å².